The summed E-state index contributed by atoms with van der Waals surface area (Å²) >= 11 is 4.91. The van der Waals surface area contributed by atoms with E-state index in [9.17, 15) is 15.0 Å². The number of aromatic amines is 1. The fraction of sp³-hybridized carbons (Fsp3) is 0.600. The van der Waals surface area contributed by atoms with Gasteiger partial charge in [-0.25, -0.2) is 4.79 Å². The molecule has 1 aromatic heterocycles. The lowest BCUT2D eigenvalue weighted by molar-refractivity contribution is -0.0550. The molecule has 1 saturated heterocycles. The minimum atomic E-state index is -1.29. The minimum absolute atomic E-state index is 0.308. The topological polar surface area (TPSA) is 108 Å². The molecule has 7 nitrogen and oxygen atoms in total. The Morgan fingerprint density at radius 1 is 1.50 bits per heavy atom. The number of hydrogen-bond donors (Lipinski definition) is 4. The average molecular weight is 274 g/mol. The number of aromatic nitrogens is 2. The summed E-state index contributed by atoms with van der Waals surface area (Å²) in [6, 6.07) is 0. The van der Waals surface area contributed by atoms with Crippen molar-refractivity contribution < 1.29 is 20.1 Å². The predicted molar refractivity (Wildman–Crippen MR) is 63.6 cm³/mol. The van der Waals surface area contributed by atoms with Crippen molar-refractivity contribution in [3.05, 3.63) is 26.9 Å². The van der Waals surface area contributed by atoms with Crippen LogP contribution >= 0.6 is 12.2 Å². The molecule has 0 spiro atoms. The van der Waals surface area contributed by atoms with Crippen molar-refractivity contribution >= 4 is 12.2 Å². The Hall–Kier alpha value is -1.06. The fourth-order valence-corrected chi connectivity index (χ4v) is 2.03. The van der Waals surface area contributed by atoms with Gasteiger partial charge in [0.1, 0.15) is 23.0 Å². The lowest BCUT2D eigenvalue weighted by atomic mass is 10.1. The highest BCUT2D eigenvalue weighted by molar-refractivity contribution is 7.71. The second kappa shape index (κ2) is 4.90. The van der Waals surface area contributed by atoms with Gasteiger partial charge in [-0.3, -0.25) is 9.55 Å². The molecule has 0 amide bonds. The molecule has 4 N–H and O–H groups in total. The molecule has 4 atom stereocenters. The quantitative estimate of drug-likeness (QED) is 0.506. The molecule has 0 unspecified atom stereocenters. The van der Waals surface area contributed by atoms with E-state index in [2.05, 4.69) is 4.98 Å². The van der Waals surface area contributed by atoms with Gasteiger partial charge in [0.15, 0.2) is 6.23 Å². The normalized spacial score (nSPS) is 31.8. The molecule has 0 saturated carbocycles. The molecule has 1 aromatic rings. The largest absolute Gasteiger partial charge is 0.394 e. The van der Waals surface area contributed by atoms with E-state index in [0.29, 0.717) is 10.2 Å². The number of nitrogens with zero attached hydrogens (tertiary/aromatic N) is 1. The molecule has 1 aliphatic heterocycles. The molecule has 0 radical (unpaired) electrons. The number of ether oxygens (including phenoxy) is 1. The average Bonchev–Trinajstić information content (AvgIpc) is 2.61. The maximum atomic E-state index is 11.7. The molecule has 2 rings (SSSR count). The highest BCUT2D eigenvalue weighted by Crippen LogP contribution is 2.28. The van der Waals surface area contributed by atoms with Gasteiger partial charge < -0.3 is 20.1 Å². The van der Waals surface area contributed by atoms with E-state index < -0.39 is 36.8 Å². The number of aliphatic hydroxyl groups excluding tert-OH is 3. The molecular formula is C10H14N2O5S. The van der Waals surface area contributed by atoms with Crippen LogP contribution in [0.15, 0.2) is 11.0 Å². The van der Waals surface area contributed by atoms with Gasteiger partial charge in [0.05, 0.1) is 6.61 Å². The summed E-state index contributed by atoms with van der Waals surface area (Å²) in [6.07, 6.45) is -3.05. The maximum absolute atomic E-state index is 11.7. The SMILES string of the molecule is Cc1cn([C@@H]2O[C@H](CO)[C@@H](O)[C@H]2O)c(=O)[nH]c1=S. The van der Waals surface area contributed by atoms with Crippen molar-refractivity contribution in [2.24, 2.45) is 0 Å². The molecule has 1 aliphatic rings. The Bertz CT molecular complexity index is 554. The molecule has 0 aliphatic carbocycles. The number of H-pyrrole nitrogens is 1. The van der Waals surface area contributed by atoms with Gasteiger partial charge in [0.25, 0.3) is 0 Å². The van der Waals surface area contributed by atoms with Crippen molar-refractivity contribution in [3.63, 3.8) is 0 Å². The van der Waals surface area contributed by atoms with Crippen LogP contribution in [0.1, 0.15) is 11.8 Å². The van der Waals surface area contributed by atoms with Gasteiger partial charge in [-0.1, -0.05) is 12.2 Å². The second-order valence-corrected chi connectivity index (χ2v) is 4.62. The van der Waals surface area contributed by atoms with Crippen molar-refractivity contribution in [2.75, 3.05) is 6.61 Å². The Morgan fingerprint density at radius 3 is 2.72 bits per heavy atom. The third kappa shape index (κ3) is 2.13. The summed E-state index contributed by atoms with van der Waals surface area (Å²) in [5, 5.41) is 28.4. The van der Waals surface area contributed by atoms with E-state index in [-0.39, 0.29) is 0 Å². The first-order valence-electron chi connectivity index (χ1n) is 5.40. The van der Waals surface area contributed by atoms with E-state index in [4.69, 9.17) is 22.1 Å². The van der Waals surface area contributed by atoms with Crippen molar-refractivity contribution in [3.8, 4) is 0 Å². The van der Waals surface area contributed by atoms with Crippen LogP contribution in [0, 0.1) is 11.6 Å². The zero-order chi connectivity index (χ0) is 13.4. The number of nitrogens with one attached hydrogen (secondary N) is 1. The highest BCUT2D eigenvalue weighted by atomic mass is 32.1. The Labute approximate surface area is 107 Å². The molecular weight excluding hydrogens is 260 g/mol. The second-order valence-electron chi connectivity index (χ2n) is 4.21. The van der Waals surface area contributed by atoms with Crippen LogP contribution in [0.5, 0.6) is 0 Å². The van der Waals surface area contributed by atoms with Crippen LogP contribution in [-0.4, -0.2) is 49.8 Å². The van der Waals surface area contributed by atoms with Crippen LogP contribution in [0.4, 0.5) is 0 Å². The molecule has 1 fully saturated rings. The first-order chi connectivity index (χ1) is 8.45. The smallest absolute Gasteiger partial charge is 0.328 e. The minimum Gasteiger partial charge on any atom is -0.394 e. The van der Waals surface area contributed by atoms with Gasteiger partial charge in [0, 0.05) is 11.8 Å². The third-order valence-corrected chi connectivity index (χ3v) is 3.36. The lowest BCUT2D eigenvalue weighted by Crippen LogP contribution is -2.36. The van der Waals surface area contributed by atoms with Gasteiger partial charge in [-0.05, 0) is 6.92 Å². The molecule has 8 heteroatoms. The summed E-state index contributed by atoms with van der Waals surface area (Å²) in [6.45, 7) is 1.27. The lowest BCUT2D eigenvalue weighted by Gasteiger charge is -2.17. The zero-order valence-electron chi connectivity index (χ0n) is 9.61. The third-order valence-electron chi connectivity index (χ3n) is 2.94. The Balaban J connectivity index is 2.42. The number of aliphatic hydroxyl groups is 3. The summed E-state index contributed by atoms with van der Waals surface area (Å²) in [5.74, 6) is 0. The summed E-state index contributed by atoms with van der Waals surface area (Å²) in [4.78, 5) is 14.2. The summed E-state index contributed by atoms with van der Waals surface area (Å²) < 4.78 is 6.68. The van der Waals surface area contributed by atoms with Crippen LogP contribution in [0.3, 0.4) is 0 Å². The fourth-order valence-electron chi connectivity index (χ4n) is 1.88. The monoisotopic (exact) mass is 274 g/mol. The number of rotatable bonds is 2. The van der Waals surface area contributed by atoms with E-state index in [1.54, 1.807) is 6.92 Å². The predicted octanol–water partition coefficient (Wildman–Crippen LogP) is -1.17. The number of hydrogen-bond acceptors (Lipinski definition) is 6. The van der Waals surface area contributed by atoms with Crippen molar-refractivity contribution in [1.29, 1.82) is 0 Å². The van der Waals surface area contributed by atoms with E-state index >= 15 is 0 Å². The first-order valence-corrected chi connectivity index (χ1v) is 5.81. The maximum Gasteiger partial charge on any atom is 0.328 e. The van der Waals surface area contributed by atoms with Crippen molar-refractivity contribution in [2.45, 2.75) is 31.5 Å². The standard InChI is InChI=1S/C10H14N2O5S/c1-4-2-12(10(16)11-8(4)18)9-7(15)6(14)5(3-13)17-9/h2,5-7,9,13-15H,3H2,1H3,(H,11,16,18)/t5-,6-,7-,9-/m1/s1. The summed E-state index contributed by atoms with van der Waals surface area (Å²) in [7, 11) is 0. The molecule has 100 valence electrons. The van der Waals surface area contributed by atoms with E-state index in [1.807, 2.05) is 0 Å². The highest BCUT2D eigenvalue weighted by Gasteiger charge is 2.43. The molecule has 2 heterocycles. The van der Waals surface area contributed by atoms with Crippen LogP contribution in [0.25, 0.3) is 0 Å². The van der Waals surface area contributed by atoms with E-state index in [0.717, 1.165) is 4.57 Å². The Kier molecular flexibility index (Phi) is 3.64. The van der Waals surface area contributed by atoms with Gasteiger partial charge in [-0.15, -0.1) is 0 Å². The number of aryl methyl sites for hydroxylation is 1. The van der Waals surface area contributed by atoms with Crippen LogP contribution in [-0.2, 0) is 4.74 Å². The van der Waals surface area contributed by atoms with Gasteiger partial charge in [-0.2, -0.15) is 0 Å². The van der Waals surface area contributed by atoms with Crippen LogP contribution < -0.4 is 5.69 Å². The molecule has 0 bridgehead atoms. The molecule has 0 aromatic carbocycles. The van der Waals surface area contributed by atoms with E-state index in [1.165, 1.54) is 6.20 Å². The first kappa shape index (κ1) is 13.4. The molecule has 18 heavy (non-hydrogen) atoms. The zero-order valence-corrected chi connectivity index (χ0v) is 10.4. The van der Waals surface area contributed by atoms with Gasteiger partial charge >= 0.3 is 5.69 Å². The van der Waals surface area contributed by atoms with Crippen molar-refractivity contribution in [1.82, 2.24) is 9.55 Å². The Morgan fingerprint density at radius 2 is 2.17 bits per heavy atom. The van der Waals surface area contributed by atoms with Gasteiger partial charge in [0.2, 0.25) is 0 Å². The van der Waals surface area contributed by atoms with Crippen LogP contribution in [0.2, 0.25) is 0 Å². The summed E-state index contributed by atoms with van der Waals surface area (Å²) in [5.41, 5.74) is 0.0998.